The van der Waals surface area contributed by atoms with E-state index in [0.29, 0.717) is 16.2 Å². The summed E-state index contributed by atoms with van der Waals surface area (Å²) in [7, 11) is -3.63. The lowest BCUT2D eigenvalue weighted by Crippen LogP contribution is -2.74. The Kier molecular flexibility index (Phi) is 8.57. The molecule has 14 aromatic rings. The molecule has 2 aromatic heterocycles. The van der Waals surface area contributed by atoms with E-state index in [1.165, 1.54) is 0 Å². The summed E-state index contributed by atoms with van der Waals surface area (Å²) in [5.41, 5.74) is 9.18. The van der Waals surface area contributed by atoms with E-state index in [9.17, 15) is 11.0 Å². The second-order valence-corrected chi connectivity index (χ2v) is 22.6. The number of rotatable bonds is 10. The maximum atomic E-state index is 9.80. The second kappa shape index (κ2) is 18.5. The minimum absolute atomic E-state index is 0.102. The van der Waals surface area contributed by atoms with E-state index in [1.807, 2.05) is 108 Å². The summed E-state index contributed by atoms with van der Waals surface area (Å²) < 4.78 is 98.0. The summed E-state index contributed by atoms with van der Waals surface area (Å²) >= 11 is 0. The van der Waals surface area contributed by atoms with Crippen LogP contribution in [0.4, 0.5) is 0 Å². The predicted molar refractivity (Wildman–Crippen MR) is 320 cm³/mol. The van der Waals surface area contributed by atoms with Gasteiger partial charge in [-0.3, -0.25) is 0 Å². The van der Waals surface area contributed by atoms with Crippen LogP contribution in [0.25, 0.3) is 99.5 Å². The van der Waals surface area contributed by atoms with Gasteiger partial charge in [-0.15, -0.1) is 0 Å². The van der Waals surface area contributed by atoms with Crippen molar-refractivity contribution in [3.8, 4) is 55.9 Å². The number of para-hydroxylation sites is 3. The molecule has 12 aromatic carbocycles. The molecule has 0 saturated carbocycles. The van der Waals surface area contributed by atoms with Crippen LogP contribution >= 0.6 is 0 Å². The van der Waals surface area contributed by atoms with Gasteiger partial charge in [-0.2, -0.15) is 0 Å². The lowest BCUT2D eigenvalue weighted by molar-refractivity contribution is 1.18. The van der Waals surface area contributed by atoms with E-state index < -0.39 is 68.5 Å². The standard InChI is InChI=1S/C72H50N2Si/c1-7-25-51(26-8-1)60-37-19-22-40-67(60)73-68-41-23-20-38-61(68)65-47-54(43-45-70(65)73)55-44-46-71-66(48-55)62-39-21-24-42-69(62)74(71)72-63(52-27-9-2-10-28-52)49-59(50-64(72)53-29-11-3-12-30-53)75(56-31-13-4-14-32-56,57-33-15-5-16-34-57)58-35-17-6-18-36-58/h1-50H/i2D,3D,9D,10D,11D,12D,27D,28D,29D,30D. The Hall–Kier alpha value is -9.54. The molecular weight excluding hydrogens is 921 g/mol. The van der Waals surface area contributed by atoms with Gasteiger partial charge in [0.25, 0.3) is 0 Å². The van der Waals surface area contributed by atoms with Crippen LogP contribution in [-0.2, 0) is 0 Å². The summed E-state index contributed by atoms with van der Waals surface area (Å²) in [5, 5.41) is 7.41. The zero-order chi connectivity index (χ0) is 58.4. The largest absolute Gasteiger partial charge is 0.309 e. The predicted octanol–water partition coefficient (Wildman–Crippen LogP) is 15.9. The zero-order valence-corrected chi connectivity index (χ0v) is 41.5. The third kappa shape index (κ3) is 7.31. The van der Waals surface area contributed by atoms with Crippen molar-refractivity contribution in [3.63, 3.8) is 0 Å². The third-order valence-electron chi connectivity index (χ3n) is 14.8. The number of fused-ring (bicyclic) bond motifs is 6. The van der Waals surface area contributed by atoms with Crippen LogP contribution < -0.4 is 20.7 Å². The van der Waals surface area contributed by atoms with Gasteiger partial charge < -0.3 is 9.13 Å². The van der Waals surface area contributed by atoms with Gasteiger partial charge in [-0.25, -0.2) is 0 Å². The molecule has 0 unspecified atom stereocenters. The Balaban J connectivity index is 1.10. The van der Waals surface area contributed by atoms with Gasteiger partial charge in [-0.05, 0) is 91.0 Å². The first-order valence-corrected chi connectivity index (χ1v) is 27.1. The molecule has 0 aliphatic carbocycles. The molecule has 2 heterocycles. The van der Waals surface area contributed by atoms with Crippen molar-refractivity contribution in [2.75, 3.05) is 0 Å². The summed E-state index contributed by atoms with van der Waals surface area (Å²) in [6.45, 7) is 0. The number of aromatic nitrogens is 2. The van der Waals surface area contributed by atoms with Crippen molar-refractivity contribution in [1.82, 2.24) is 9.13 Å². The van der Waals surface area contributed by atoms with E-state index in [2.05, 4.69) is 144 Å². The van der Waals surface area contributed by atoms with Crippen molar-refractivity contribution in [2.45, 2.75) is 0 Å². The van der Waals surface area contributed by atoms with Crippen LogP contribution in [0.1, 0.15) is 13.7 Å². The van der Waals surface area contributed by atoms with Crippen LogP contribution in [0.3, 0.4) is 0 Å². The highest BCUT2D eigenvalue weighted by Gasteiger charge is 2.42. The summed E-state index contributed by atoms with van der Waals surface area (Å²) in [6, 6.07) is 77.1. The Bertz CT molecular complexity index is 4760. The quantitative estimate of drug-likeness (QED) is 0.0955. The second-order valence-electron chi connectivity index (χ2n) is 18.8. The summed E-state index contributed by atoms with van der Waals surface area (Å²) in [4.78, 5) is 0. The minimum Gasteiger partial charge on any atom is -0.309 e. The fourth-order valence-corrected chi connectivity index (χ4v) is 16.4. The van der Waals surface area contributed by atoms with Crippen LogP contribution in [0.5, 0.6) is 0 Å². The van der Waals surface area contributed by atoms with Gasteiger partial charge in [0.15, 0.2) is 8.07 Å². The fraction of sp³-hybridized carbons (Fsp3) is 0. The van der Waals surface area contributed by atoms with Gasteiger partial charge in [0.1, 0.15) is 0 Å². The first-order chi connectivity index (χ1) is 41.4. The maximum absolute atomic E-state index is 9.80. The lowest BCUT2D eigenvalue weighted by Gasteiger charge is -2.36. The van der Waals surface area contributed by atoms with Gasteiger partial charge in [0, 0.05) is 38.2 Å². The van der Waals surface area contributed by atoms with E-state index in [0.717, 1.165) is 76.1 Å². The van der Waals surface area contributed by atoms with Crippen LogP contribution in [0.2, 0.25) is 0 Å². The maximum Gasteiger partial charge on any atom is 0.179 e. The SMILES string of the molecule is [2H]c1c([2H])c([2H])c(-c2cc([Si](c3ccccc3)(c3ccccc3)c3ccccc3)cc(-c3c([2H])c([2H])c([2H])c([2H])c3[2H])c2-n2c3ccccc3c3cc(-c4ccc5c(c4)c4ccccc4n5-c4ccccc4-c4ccccc4)ccc32)c([2H])c1[2H]. The van der Waals surface area contributed by atoms with Crippen molar-refractivity contribution in [1.29, 1.82) is 0 Å². The normalized spacial score (nSPS) is 13.6. The topological polar surface area (TPSA) is 9.86 Å². The van der Waals surface area contributed by atoms with E-state index in [4.69, 9.17) is 2.74 Å². The van der Waals surface area contributed by atoms with E-state index >= 15 is 0 Å². The van der Waals surface area contributed by atoms with Gasteiger partial charge in [0.2, 0.25) is 0 Å². The summed E-state index contributed by atoms with van der Waals surface area (Å²) in [6.07, 6.45) is 0. The molecule has 0 fully saturated rings. The molecular formula is C72H50N2Si. The van der Waals surface area contributed by atoms with Crippen molar-refractivity contribution >= 4 is 72.4 Å². The monoisotopic (exact) mass is 980 g/mol. The van der Waals surface area contributed by atoms with Crippen molar-refractivity contribution < 1.29 is 13.7 Å². The van der Waals surface area contributed by atoms with Crippen LogP contribution in [0.15, 0.2) is 303 Å². The number of hydrogen-bond acceptors (Lipinski definition) is 0. The van der Waals surface area contributed by atoms with Crippen LogP contribution in [0, 0.1) is 0 Å². The average Bonchev–Trinajstić information content (AvgIpc) is 2.57. The zero-order valence-electron chi connectivity index (χ0n) is 50.5. The molecule has 0 amide bonds. The molecule has 0 spiro atoms. The number of nitrogens with zero attached hydrogens (tertiary/aromatic N) is 2. The highest BCUT2D eigenvalue weighted by molar-refractivity contribution is 7.20. The molecule has 0 bridgehead atoms. The average molecular weight is 981 g/mol. The number of hydrogen-bond donors (Lipinski definition) is 0. The molecule has 2 nitrogen and oxygen atoms in total. The molecule has 0 saturated heterocycles. The molecule has 0 aliphatic heterocycles. The molecule has 3 heteroatoms. The van der Waals surface area contributed by atoms with Gasteiger partial charge in [-0.1, -0.05) is 261 Å². The highest BCUT2D eigenvalue weighted by atomic mass is 28.3. The smallest absolute Gasteiger partial charge is 0.179 e. The Morgan fingerprint density at radius 3 is 1.17 bits per heavy atom. The molecule has 0 aliphatic rings. The van der Waals surface area contributed by atoms with Crippen molar-refractivity contribution in [2.24, 2.45) is 0 Å². The molecule has 0 atom stereocenters. The molecule has 14 rings (SSSR count). The molecule has 0 radical (unpaired) electrons. The first kappa shape index (κ1) is 34.8. The van der Waals surface area contributed by atoms with Crippen molar-refractivity contribution in [3.05, 3.63) is 303 Å². The molecule has 75 heavy (non-hydrogen) atoms. The highest BCUT2D eigenvalue weighted by Crippen LogP contribution is 2.44. The first-order valence-electron chi connectivity index (χ1n) is 30.1. The van der Waals surface area contributed by atoms with Gasteiger partial charge in [0.05, 0.1) is 47.1 Å². The van der Waals surface area contributed by atoms with Gasteiger partial charge >= 0.3 is 0 Å². The Morgan fingerprint density at radius 2 is 0.667 bits per heavy atom. The molecule has 0 N–H and O–H groups in total. The minimum atomic E-state index is -3.63. The van der Waals surface area contributed by atoms with E-state index in [1.54, 1.807) is 0 Å². The fourth-order valence-electron chi connectivity index (χ4n) is 11.6. The Labute approximate surface area is 452 Å². The number of benzene rings is 12. The molecule has 352 valence electrons. The third-order valence-corrected chi connectivity index (χ3v) is 19.6. The Morgan fingerprint density at radius 1 is 0.267 bits per heavy atom. The lowest BCUT2D eigenvalue weighted by atomic mass is 9.95. The van der Waals surface area contributed by atoms with Crippen LogP contribution in [-0.4, -0.2) is 17.2 Å². The summed E-state index contributed by atoms with van der Waals surface area (Å²) in [5.74, 6) is 0. The van der Waals surface area contributed by atoms with E-state index in [-0.39, 0.29) is 27.9 Å².